The Bertz CT molecular complexity index is 1500. The lowest BCUT2D eigenvalue weighted by molar-refractivity contribution is -0.114. The van der Waals surface area contributed by atoms with Crippen LogP contribution in [0.15, 0.2) is 94.7 Å². The van der Waals surface area contributed by atoms with Crippen molar-refractivity contribution < 1.29 is 14.3 Å². The lowest BCUT2D eigenvalue weighted by Crippen LogP contribution is -2.31. The Morgan fingerprint density at radius 1 is 1.00 bits per heavy atom. The normalized spacial score (nSPS) is 14.8. The molecular weight excluding hydrogens is 555 g/mol. The highest BCUT2D eigenvalue weighted by molar-refractivity contribution is 8.03. The third kappa shape index (κ3) is 6.76. The van der Waals surface area contributed by atoms with E-state index in [1.54, 1.807) is 86.8 Å². The van der Waals surface area contributed by atoms with Crippen LogP contribution in [0.1, 0.15) is 18.4 Å². The predicted octanol–water partition coefficient (Wildman–Crippen LogP) is 6.71. The van der Waals surface area contributed by atoms with Gasteiger partial charge in [0.05, 0.1) is 35.5 Å². The van der Waals surface area contributed by atoms with Crippen molar-refractivity contribution in [3.05, 3.63) is 110 Å². The number of hydrogen-bond donors (Lipinski definition) is 3. The van der Waals surface area contributed by atoms with Crippen molar-refractivity contribution in [3.8, 4) is 11.8 Å². The summed E-state index contributed by atoms with van der Waals surface area (Å²) in [7, 11) is 1.57. The van der Waals surface area contributed by atoms with Gasteiger partial charge in [0.25, 0.3) is 5.91 Å². The number of hydrogen-bond acceptors (Lipinski definition) is 6. The zero-order chi connectivity index (χ0) is 27.9. The van der Waals surface area contributed by atoms with Crippen molar-refractivity contribution >= 4 is 58.2 Å². The average Bonchev–Trinajstić information content (AvgIpc) is 2.93. The number of carbonyl (C=O) groups excluding carboxylic acids is 2. The second kappa shape index (κ2) is 12.8. The minimum Gasteiger partial charge on any atom is -0.497 e. The van der Waals surface area contributed by atoms with Gasteiger partial charge >= 0.3 is 0 Å². The van der Waals surface area contributed by atoms with E-state index in [-0.39, 0.29) is 23.1 Å². The third-order valence-electron chi connectivity index (χ3n) is 5.93. The molecule has 3 N–H and O–H groups in total. The number of benzene rings is 3. The summed E-state index contributed by atoms with van der Waals surface area (Å²) in [6, 6.07) is 23.1. The van der Waals surface area contributed by atoms with E-state index in [1.807, 2.05) is 0 Å². The van der Waals surface area contributed by atoms with E-state index in [2.05, 4.69) is 22.0 Å². The Morgan fingerprint density at radius 2 is 1.64 bits per heavy atom. The second-order valence-electron chi connectivity index (χ2n) is 8.50. The summed E-state index contributed by atoms with van der Waals surface area (Å²) >= 11 is 13.7. The van der Waals surface area contributed by atoms with E-state index in [4.69, 9.17) is 27.9 Å². The number of anilines is 2. The van der Waals surface area contributed by atoms with Gasteiger partial charge in [-0.2, -0.15) is 5.26 Å². The number of methoxy groups -OCH3 is 1. The number of nitriles is 1. The first-order valence-corrected chi connectivity index (χ1v) is 13.5. The molecule has 4 rings (SSSR count). The summed E-state index contributed by atoms with van der Waals surface area (Å²) in [6.45, 7) is 1.76. The second-order valence-corrected chi connectivity index (χ2v) is 10.3. The standard InChI is InChI=1S/C29H24Cl2N4O3S/c1-17-26(28(37)35-20-9-7-18(30)8-10-20)27(22-5-3-4-6-24(22)31)23(15-32)29(33-17)39-16-25(36)34-19-11-13-21(38-2)14-12-19/h3-14,27,33H,16H2,1-2H3,(H,34,36)(H,35,37)/t27-/m0/s1. The molecule has 7 nitrogen and oxygen atoms in total. The molecular formula is C29H24Cl2N4O3S. The van der Waals surface area contributed by atoms with Crippen LogP contribution in [0.5, 0.6) is 5.75 Å². The molecule has 0 spiro atoms. The Morgan fingerprint density at radius 3 is 2.28 bits per heavy atom. The number of amides is 2. The molecule has 1 heterocycles. The lowest BCUT2D eigenvalue weighted by atomic mass is 9.82. The minimum absolute atomic E-state index is 0.0361. The molecule has 0 aliphatic carbocycles. The van der Waals surface area contributed by atoms with Crippen molar-refractivity contribution in [1.29, 1.82) is 5.26 Å². The molecule has 0 fully saturated rings. The molecule has 3 aromatic carbocycles. The molecule has 10 heteroatoms. The fourth-order valence-electron chi connectivity index (χ4n) is 4.09. The van der Waals surface area contributed by atoms with Gasteiger partial charge in [0, 0.05) is 32.7 Å². The van der Waals surface area contributed by atoms with E-state index in [0.717, 1.165) is 0 Å². The molecule has 0 aromatic heterocycles. The smallest absolute Gasteiger partial charge is 0.254 e. The fraction of sp³-hybridized carbons (Fsp3) is 0.138. The number of nitrogens with one attached hydrogen (secondary N) is 3. The number of rotatable bonds is 8. The highest BCUT2D eigenvalue weighted by Gasteiger charge is 2.36. The van der Waals surface area contributed by atoms with Crippen molar-refractivity contribution in [2.75, 3.05) is 23.5 Å². The maximum Gasteiger partial charge on any atom is 0.254 e. The monoisotopic (exact) mass is 578 g/mol. The molecule has 1 aliphatic rings. The van der Waals surface area contributed by atoms with Crippen molar-refractivity contribution in [2.24, 2.45) is 0 Å². The topological polar surface area (TPSA) is 103 Å². The van der Waals surface area contributed by atoms with Crippen LogP contribution in [-0.2, 0) is 9.59 Å². The maximum absolute atomic E-state index is 13.5. The molecule has 198 valence electrons. The molecule has 0 radical (unpaired) electrons. The lowest BCUT2D eigenvalue weighted by Gasteiger charge is -2.30. The van der Waals surface area contributed by atoms with Crippen LogP contribution in [-0.4, -0.2) is 24.7 Å². The van der Waals surface area contributed by atoms with Gasteiger partial charge in [0.15, 0.2) is 0 Å². The van der Waals surface area contributed by atoms with E-state index in [0.29, 0.717) is 49.0 Å². The highest BCUT2D eigenvalue weighted by Crippen LogP contribution is 2.43. The van der Waals surface area contributed by atoms with Gasteiger partial charge < -0.3 is 20.7 Å². The quantitative estimate of drug-likeness (QED) is 0.274. The number of halogens is 2. The van der Waals surface area contributed by atoms with Crippen LogP contribution in [0.4, 0.5) is 11.4 Å². The zero-order valence-electron chi connectivity index (χ0n) is 21.0. The summed E-state index contributed by atoms with van der Waals surface area (Å²) < 4.78 is 5.14. The SMILES string of the molecule is COc1ccc(NC(=O)CSC2=C(C#N)[C@H](c3ccccc3Cl)C(C(=O)Nc3ccc(Cl)cc3)=C(C)N2)cc1. The van der Waals surface area contributed by atoms with E-state index in [9.17, 15) is 14.9 Å². The van der Waals surface area contributed by atoms with E-state index in [1.165, 1.54) is 11.8 Å². The fourth-order valence-corrected chi connectivity index (χ4v) is 5.35. The first-order valence-electron chi connectivity index (χ1n) is 11.8. The summed E-state index contributed by atoms with van der Waals surface area (Å²) in [5, 5.41) is 20.6. The summed E-state index contributed by atoms with van der Waals surface area (Å²) in [6.07, 6.45) is 0. The van der Waals surface area contributed by atoms with Crippen LogP contribution in [0.2, 0.25) is 10.0 Å². The molecule has 0 bridgehead atoms. The van der Waals surface area contributed by atoms with Gasteiger partial charge in [0.2, 0.25) is 5.91 Å². The first kappa shape index (κ1) is 28.1. The van der Waals surface area contributed by atoms with Gasteiger partial charge in [-0.05, 0) is 67.1 Å². The van der Waals surface area contributed by atoms with Gasteiger partial charge in [-0.3, -0.25) is 9.59 Å². The van der Waals surface area contributed by atoms with Crippen LogP contribution in [0, 0.1) is 11.3 Å². The number of dihydropyridines is 1. The van der Waals surface area contributed by atoms with Crippen LogP contribution >= 0.6 is 35.0 Å². The maximum atomic E-state index is 13.5. The number of allylic oxidation sites excluding steroid dienone is 2. The summed E-state index contributed by atoms with van der Waals surface area (Å²) in [5.41, 5.74) is 2.97. The molecule has 1 aliphatic heterocycles. The van der Waals surface area contributed by atoms with Gasteiger partial charge in [0.1, 0.15) is 5.75 Å². The Hall–Kier alpha value is -3.90. The largest absolute Gasteiger partial charge is 0.497 e. The molecule has 2 amide bonds. The molecule has 39 heavy (non-hydrogen) atoms. The summed E-state index contributed by atoms with van der Waals surface area (Å²) in [4.78, 5) is 26.2. The minimum atomic E-state index is -0.746. The molecule has 0 saturated carbocycles. The third-order valence-corrected chi connectivity index (χ3v) is 7.55. The van der Waals surface area contributed by atoms with Crippen LogP contribution in [0.25, 0.3) is 0 Å². The van der Waals surface area contributed by atoms with Crippen molar-refractivity contribution in [2.45, 2.75) is 12.8 Å². The Labute approximate surface area is 240 Å². The molecule has 0 unspecified atom stereocenters. The Kier molecular flexibility index (Phi) is 9.20. The molecule has 3 aromatic rings. The molecule has 0 saturated heterocycles. The first-order chi connectivity index (χ1) is 18.8. The van der Waals surface area contributed by atoms with Crippen LogP contribution in [0.3, 0.4) is 0 Å². The van der Waals surface area contributed by atoms with Gasteiger partial charge in [-0.15, -0.1) is 0 Å². The zero-order valence-corrected chi connectivity index (χ0v) is 23.4. The van der Waals surface area contributed by atoms with Gasteiger partial charge in [-0.1, -0.05) is 53.2 Å². The highest BCUT2D eigenvalue weighted by atomic mass is 35.5. The Balaban J connectivity index is 1.61. The number of carbonyl (C=O) groups is 2. The number of thioether (sulfide) groups is 1. The summed E-state index contributed by atoms with van der Waals surface area (Å²) in [5.74, 6) is -0.667. The number of nitrogens with zero attached hydrogens (tertiary/aromatic N) is 1. The predicted molar refractivity (Wildman–Crippen MR) is 157 cm³/mol. The average molecular weight is 580 g/mol. The number of ether oxygens (including phenoxy) is 1. The van der Waals surface area contributed by atoms with Crippen molar-refractivity contribution in [3.63, 3.8) is 0 Å². The van der Waals surface area contributed by atoms with E-state index >= 15 is 0 Å². The van der Waals surface area contributed by atoms with Crippen molar-refractivity contribution in [1.82, 2.24) is 5.32 Å². The van der Waals surface area contributed by atoms with E-state index < -0.39 is 5.92 Å². The molecule has 1 atom stereocenters. The van der Waals surface area contributed by atoms with Crippen LogP contribution < -0.4 is 20.7 Å². The van der Waals surface area contributed by atoms with Gasteiger partial charge in [-0.25, -0.2) is 0 Å².